The molecule has 0 aliphatic carbocycles. The summed E-state index contributed by atoms with van der Waals surface area (Å²) < 4.78 is 1.94. The van der Waals surface area contributed by atoms with Gasteiger partial charge in [0.25, 0.3) is 0 Å². The van der Waals surface area contributed by atoms with E-state index in [1.165, 1.54) is 5.69 Å². The summed E-state index contributed by atoms with van der Waals surface area (Å²) in [7, 11) is 0. The molecule has 0 bridgehead atoms. The van der Waals surface area contributed by atoms with E-state index in [1.807, 2.05) is 16.8 Å². The lowest BCUT2D eigenvalue weighted by Crippen LogP contribution is -2.18. The summed E-state index contributed by atoms with van der Waals surface area (Å²) in [4.78, 5) is 4.61. The van der Waals surface area contributed by atoms with E-state index in [9.17, 15) is 0 Å². The molecule has 0 fully saturated rings. The van der Waals surface area contributed by atoms with Crippen LogP contribution in [0.3, 0.4) is 0 Å². The molecular weight excluding hydrogens is 198 g/mol. The maximum atomic E-state index is 4.61. The fraction of sp³-hybridized carbons (Fsp3) is 0.538. The number of nitrogens with zero attached hydrogens (tertiary/aromatic N) is 3. The van der Waals surface area contributed by atoms with Crippen molar-refractivity contribution in [1.82, 2.24) is 14.6 Å². The molecule has 0 aromatic carbocycles. The van der Waals surface area contributed by atoms with Gasteiger partial charge < -0.3 is 0 Å². The van der Waals surface area contributed by atoms with Crippen molar-refractivity contribution in [2.75, 3.05) is 0 Å². The first-order valence-corrected chi connectivity index (χ1v) is 5.75. The van der Waals surface area contributed by atoms with Crippen LogP contribution in [0.4, 0.5) is 0 Å². The van der Waals surface area contributed by atoms with Crippen LogP contribution in [0, 0.1) is 0 Å². The standard InChI is InChI=1S/C13H19N3/c1-9(2)10-8-11(13(3,4)5)16-12(15-10)6-7-14-16/h6-9H,1-5H3. The fourth-order valence-electron chi connectivity index (χ4n) is 1.76. The number of aromatic nitrogens is 3. The highest BCUT2D eigenvalue weighted by Gasteiger charge is 2.20. The van der Waals surface area contributed by atoms with Crippen molar-refractivity contribution in [2.45, 2.75) is 46.0 Å². The monoisotopic (exact) mass is 217 g/mol. The summed E-state index contributed by atoms with van der Waals surface area (Å²) in [5.41, 5.74) is 3.37. The zero-order valence-corrected chi connectivity index (χ0v) is 10.7. The predicted octanol–water partition coefficient (Wildman–Crippen LogP) is 3.15. The Hall–Kier alpha value is -1.38. The molecule has 16 heavy (non-hydrogen) atoms. The molecule has 0 amide bonds. The first-order valence-electron chi connectivity index (χ1n) is 5.75. The van der Waals surface area contributed by atoms with Crippen LogP contribution in [0.1, 0.15) is 51.9 Å². The van der Waals surface area contributed by atoms with Crippen LogP contribution >= 0.6 is 0 Å². The van der Waals surface area contributed by atoms with Gasteiger partial charge in [0, 0.05) is 17.2 Å². The molecule has 2 heterocycles. The van der Waals surface area contributed by atoms with Gasteiger partial charge in [0.05, 0.1) is 11.9 Å². The topological polar surface area (TPSA) is 30.2 Å². The van der Waals surface area contributed by atoms with Crippen LogP contribution < -0.4 is 0 Å². The van der Waals surface area contributed by atoms with E-state index in [0.717, 1.165) is 11.3 Å². The first-order chi connectivity index (χ1) is 7.39. The minimum absolute atomic E-state index is 0.0802. The van der Waals surface area contributed by atoms with Gasteiger partial charge >= 0.3 is 0 Å². The lowest BCUT2D eigenvalue weighted by Gasteiger charge is -2.21. The van der Waals surface area contributed by atoms with Crippen molar-refractivity contribution in [1.29, 1.82) is 0 Å². The Balaban J connectivity index is 2.74. The summed E-state index contributed by atoms with van der Waals surface area (Å²) >= 11 is 0. The highest BCUT2D eigenvalue weighted by atomic mass is 15.3. The minimum atomic E-state index is 0.0802. The van der Waals surface area contributed by atoms with Crippen LogP contribution in [0.5, 0.6) is 0 Å². The third-order valence-electron chi connectivity index (χ3n) is 2.74. The van der Waals surface area contributed by atoms with Crippen molar-refractivity contribution in [3.8, 4) is 0 Å². The highest BCUT2D eigenvalue weighted by molar-refractivity contribution is 5.41. The zero-order chi connectivity index (χ0) is 11.9. The maximum absolute atomic E-state index is 4.61. The summed E-state index contributed by atoms with van der Waals surface area (Å²) in [5, 5.41) is 4.34. The molecule has 0 radical (unpaired) electrons. The van der Waals surface area contributed by atoms with E-state index in [-0.39, 0.29) is 5.41 Å². The van der Waals surface area contributed by atoms with Crippen molar-refractivity contribution in [3.63, 3.8) is 0 Å². The molecule has 3 heteroatoms. The van der Waals surface area contributed by atoms with Crippen molar-refractivity contribution in [3.05, 3.63) is 29.7 Å². The van der Waals surface area contributed by atoms with Crippen LogP contribution in [0.15, 0.2) is 18.3 Å². The average Bonchev–Trinajstić information content (AvgIpc) is 2.61. The Morgan fingerprint density at radius 3 is 2.50 bits per heavy atom. The van der Waals surface area contributed by atoms with Crippen LogP contribution in [-0.2, 0) is 5.41 Å². The van der Waals surface area contributed by atoms with E-state index in [2.05, 4.69) is 50.8 Å². The van der Waals surface area contributed by atoms with Gasteiger partial charge in [-0.15, -0.1) is 0 Å². The molecule has 2 aromatic heterocycles. The van der Waals surface area contributed by atoms with E-state index >= 15 is 0 Å². The Morgan fingerprint density at radius 2 is 1.94 bits per heavy atom. The van der Waals surface area contributed by atoms with Gasteiger partial charge in [-0.3, -0.25) is 0 Å². The number of fused-ring (bicyclic) bond motifs is 1. The molecule has 2 aromatic rings. The van der Waals surface area contributed by atoms with Crippen molar-refractivity contribution < 1.29 is 0 Å². The van der Waals surface area contributed by atoms with Gasteiger partial charge in [-0.05, 0) is 12.0 Å². The molecule has 0 saturated carbocycles. The summed E-state index contributed by atoms with van der Waals surface area (Å²) in [6, 6.07) is 4.13. The van der Waals surface area contributed by atoms with Gasteiger partial charge in [-0.1, -0.05) is 34.6 Å². The molecule has 0 aliphatic rings. The molecule has 0 spiro atoms. The lowest BCUT2D eigenvalue weighted by atomic mass is 9.90. The molecule has 2 rings (SSSR count). The second-order valence-electron chi connectivity index (χ2n) is 5.57. The Kier molecular flexibility index (Phi) is 2.49. The Labute approximate surface area is 96.5 Å². The minimum Gasteiger partial charge on any atom is -0.233 e. The third-order valence-corrected chi connectivity index (χ3v) is 2.74. The second-order valence-corrected chi connectivity index (χ2v) is 5.57. The van der Waals surface area contributed by atoms with Crippen molar-refractivity contribution >= 4 is 5.65 Å². The molecular formula is C13H19N3. The Morgan fingerprint density at radius 1 is 1.25 bits per heavy atom. The zero-order valence-electron chi connectivity index (χ0n) is 10.7. The summed E-state index contributed by atoms with van der Waals surface area (Å²) in [6.45, 7) is 10.9. The molecule has 0 saturated heterocycles. The molecule has 0 atom stereocenters. The van der Waals surface area contributed by atoms with E-state index in [1.54, 1.807) is 0 Å². The quantitative estimate of drug-likeness (QED) is 0.734. The fourth-order valence-corrected chi connectivity index (χ4v) is 1.76. The maximum Gasteiger partial charge on any atom is 0.155 e. The average molecular weight is 217 g/mol. The smallest absolute Gasteiger partial charge is 0.155 e. The molecule has 3 nitrogen and oxygen atoms in total. The lowest BCUT2D eigenvalue weighted by molar-refractivity contribution is 0.543. The van der Waals surface area contributed by atoms with Crippen molar-refractivity contribution in [2.24, 2.45) is 0 Å². The molecule has 0 aliphatic heterocycles. The van der Waals surface area contributed by atoms with Gasteiger partial charge in [0.2, 0.25) is 0 Å². The molecule has 0 N–H and O–H groups in total. The predicted molar refractivity (Wildman–Crippen MR) is 65.8 cm³/mol. The first kappa shape index (κ1) is 11.1. The highest BCUT2D eigenvalue weighted by Crippen LogP contribution is 2.25. The number of hydrogen-bond donors (Lipinski definition) is 0. The molecule has 86 valence electrons. The molecule has 0 unspecified atom stereocenters. The Bertz CT molecular complexity index is 503. The third kappa shape index (κ3) is 1.82. The summed E-state index contributed by atoms with van der Waals surface area (Å²) in [6.07, 6.45) is 1.81. The van der Waals surface area contributed by atoms with E-state index < -0.39 is 0 Å². The second kappa shape index (κ2) is 3.58. The van der Waals surface area contributed by atoms with Gasteiger partial charge in [-0.25, -0.2) is 9.50 Å². The van der Waals surface area contributed by atoms with Gasteiger partial charge in [0.1, 0.15) is 0 Å². The summed E-state index contributed by atoms with van der Waals surface area (Å²) in [5.74, 6) is 0.445. The SMILES string of the molecule is CC(C)c1cc(C(C)(C)C)n2nccc2n1. The van der Waals surface area contributed by atoms with Gasteiger partial charge in [0.15, 0.2) is 5.65 Å². The van der Waals surface area contributed by atoms with Gasteiger partial charge in [-0.2, -0.15) is 5.10 Å². The normalized spacial score (nSPS) is 12.6. The van der Waals surface area contributed by atoms with E-state index in [4.69, 9.17) is 0 Å². The van der Waals surface area contributed by atoms with Crippen LogP contribution in [-0.4, -0.2) is 14.6 Å². The van der Waals surface area contributed by atoms with Crippen LogP contribution in [0.2, 0.25) is 0 Å². The number of hydrogen-bond acceptors (Lipinski definition) is 2. The largest absolute Gasteiger partial charge is 0.233 e. The number of rotatable bonds is 1. The van der Waals surface area contributed by atoms with E-state index in [0.29, 0.717) is 5.92 Å². The van der Waals surface area contributed by atoms with Crippen LogP contribution in [0.25, 0.3) is 5.65 Å².